The molecule has 0 fully saturated rings. The van der Waals surface area contributed by atoms with Gasteiger partial charge in [0.1, 0.15) is 0 Å². The summed E-state index contributed by atoms with van der Waals surface area (Å²) in [6.07, 6.45) is -4.26. The molecule has 1 atom stereocenters. The van der Waals surface area contributed by atoms with Gasteiger partial charge in [-0.15, -0.1) is 0 Å². The third kappa shape index (κ3) is 4.83. The maximum absolute atomic E-state index is 12.1. The Hall–Kier alpha value is -0.300. The summed E-state index contributed by atoms with van der Waals surface area (Å²) in [5, 5.41) is 2.79. The van der Waals surface area contributed by atoms with Crippen LogP contribution in [0, 0.1) is 0 Å². The van der Waals surface area contributed by atoms with Gasteiger partial charge in [0.15, 0.2) is 0 Å². The third-order valence-corrected chi connectivity index (χ3v) is 3.36. The normalized spacial score (nSPS) is 13.8. The minimum Gasteiger partial charge on any atom is -0.329 e. The Morgan fingerprint density at radius 1 is 1.41 bits per heavy atom. The van der Waals surface area contributed by atoms with Crippen LogP contribution in [0.1, 0.15) is 11.6 Å². The summed E-state index contributed by atoms with van der Waals surface area (Å²) in [5.74, 6) is 0. The van der Waals surface area contributed by atoms with Gasteiger partial charge in [0.25, 0.3) is 0 Å². The molecule has 1 aromatic carbocycles. The molecule has 1 aromatic rings. The van der Waals surface area contributed by atoms with Gasteiger partial charge in [0, 0.05) is 17.1 Å². The number of nitrogens with one attached hydrogen (secondary N) is 1. The van der Waals surface area contributed by atoms with Gasteiger partial charge in [-0.25, -0.2) is 0 Å². The molecule has 0 aliphatic rings. The number of nitrogens with two attached hydrogens (primary N) is 1. The van der Waals surface area contributed by atoms with Crippen molar-refractivity contribution in [2.45, 2.75) is 12.2 Å². The van der Waals surface area contributed by atoms with Crippen molar-refractivity contribution in [2.75, 3.05) is 13.1 Å². The van der Waals surface area contributed by atoms with E-state index in [4.69, 9.17) is 17.3 Å². The number of hydrogen-bond acceptors (Lipinski definition) is 2. The minimum atomic E-state index is -4.26. The zero-order valence-electron chi connectivity index (χ0n) is 8.69. The first-order valence-electron chi connectivity index (χ1n) is 4.78. The number of hydrogen-bond donors (Lipinski definition) is 2. The van der Waals surface area contributed by atoms with Crippen LogP contribution in [-0.4, -0.2) is 19.3 Å². The van der Waals surface area contributed by atoms with Crippen LogP contribution >= 0.6 is 27.5 Å². The van der Waals surface area contributed by atoms with Crippen molar-refractivity contribution in [1.82, 2.24) is 5.32 Å². The van der Waals surface area contributed by atoms with Crippen LogP contribution in [0.4, 0.5) is 13.2 Å². The van der Waals surface area contributed by atoms with Crippen LogP contribution < -0.4 is 11.1 Å². The third-order valence-electron chi connectivity index (χ3n) is 2.13. The first-order chi connectivity index (χ1) is 7.83. The van der Waals surface area contributed by atoms with Crippen LogP contribution in [0.15, 0.2) is 22.7 Å². The lowest BCUT2D eigenvalue weighted by molar-refractivity contribution is -0.126. The Bertz CT molecular complexity index is 384. The molecule has 0 spiro atoms. The lowest BCUT2D eigenvalue weighted by Gasteiger charge is -2.19. The molecule has 0 heterocycles. The number of rotatable bonds is 4. The molecule has 0 amide bonds. The highest BCUT2D eigenvalue weighted by molar-refractivity contribution is 9.10. The van der Waals surface area contributed by atoms with Crippen LogP contribution in [0.3, 0.4) is 0 Å². The first kappa shape index (κ1) is 14.8. The van der Waals surface area contributed by atoms with Gasteiger partial charge in [-0.3, -0.25) is 0 Å². The van der Waals surface area contributed by atoms with Crippen molar-refractivity contribution < 1.29 is 13.2 Å². The van der Waals surface area contributed by atoms with Crippen molar-refractivity contribution in [3.8, 4) is 0 Å². The maximum Gasteiger partial charge on any atom is 0.401 e. The molecule has 0 saturated carbocycles. The molecule has 0 aromatic heterocycles. The second-order valence-corrected chi connectivity index (χ2v) is 4.72. The summed E-state index contributed by atoms with van der Waals surface area (Å²) in [7, 11) is 0. The van der Waals surface area contributed by atoms with Gasteiger partial charge in [-0.05, 0) is 33.6 Å². The average molecular weight is 332 g/mol. The molecule has 17 heavy (non-hydrogen) atoms. The fourth-order valence-electron chi connectivity index (χ4n) is 1.31. The molecule has 0 bridgehead atoms. The number of alkyl halides is 3. The number of halogens is 5. The molecule has 1 rings (SSSR count). The van der Waals surface area contributed by atoms with Gasteiger partial charge in [-0.1, -0.05) is 17.7 Å². The van der Waals surface area contributed by atoms with Gasteiger partial charge in [0.2, 0.25) is 0 Å². The van der Waals surface area contributed by atoms with Crippen LogP contribution in [0.5, 0.6) is 0 Å². The van der Waals surface area contributed by atoms with E-state index in [0.717, 1.165) is 0 Å². The topological polar surface area (TPSA) is 38.0 Å². The van der Waals surface area contributed by atoms with E-state index in [-0.39, 0.29) is 6.54 Å². The molecule has 2 nitrogen and oxygen atoms in total. The fourth-order valence-corrected chi connectivity index (χ4v) is 1.74. The Labute approximate surface area is 110 Å². The predicted octanol–water partition coefficient (Wildman–Crippen LogP) is 3.25. The molecule has 0 saturated heterocycles. The molecule has 0 aliphatic heterocycles. The highest BCUT2D eigenvalue weighted by Gasteiger charge is 2.28. The lowest BCUT2D eigenvalue weighted by atomic mass is 10.1. The predicted molar refractivity (Wildman–Crippen MR) is 65.0 cm³/mol. The SMILES string of the molecule is NCC(NCC(F)(F)F)c1ccc(Br)c(Cl)c1. The quantitative estimate of drug-likeness (QED) is 0.889. The summed E-state index contributed by atoms with van der Waals surface area (Å²) in [6, 6.07) is 4.38. The molecule has 7 heteroatoms. The standard InChI is InChI=1S/C10H11BrClF3N2/c11-7-2-1-6(3-8(7)12)9(4-16)17-5-10(13,14)15/h1-3,9,17H,4-5,16H2. The minimum absolute atomic E-state index is 0.0635. The Balaban J connectivity index is 2.76. The summed E-state index contributed by atoms with van der Waals surface area (Å²) < 4.78 is 36.9. The molecular weight excluding hydrogens is 320 g/mol. The molecule has 0 aliphatic carbocycles. The Kier molecular flexibility index (Phi) is 5.24. The zero-order chi connectivity index (χ0) is 13.1. The van der Waals surface area contributed by atoms with Gasteiger partial charge < -0.3 is 11.1 Å². The van der Waals surface area contributed by atoms with Crippen molar-refractivity contribution >= 4 is 27.5 Å². The average Bonchev–Trinajstić information content (AvgIpc) is 2.22. The van der Waals surface area contributed by atoms with E-state index in [1.165, 1.54) is 0 Å². The Morgan fingerprint density at radius 3 is 2.53 bits per heavy atom. The smallest absolute Gasteiger partial charge is 0.329 e. The van der Waals surface area contributed by atoms with E-state index < -0.39 is 18.8 Å². The highest BCUT2D eigenvalue weighted by Crippen LogP contribution is 2.26. The highest BCUT2D eigenvalue weighted by atomic mass is 79.9. The van der Waals surface area contributed by atoms with Gasteiger partial charge in [-0.2, -0.15) is 13.2 Å². The molecular formula is C10H11BrClF3N2. The van der Waals surface area contributed by atoms with Crippen molar-refractivity contribution in [1.29, 1.82) is 0 Å². The largest absolute Gasteiger partial charge is 0.401 e. The van der Waals surface area contributed by atoms with E-state index in [9.17, 15) is 13.2 Å². The Morgan fingerprint density at radius 2 is 2.06 bits per heavy atom. The van der Waals surface area contributed by atoms with Crippen LogP contribution in [0.25, 0.3) is 0 Å². The zero-order valence-corrected chi connectivity index (χ0v) is 11.0. The summed E-state index contributed by atoms with van der Waals surface area (Å²) in [5.41, 5.74) is 6.07. The van der Waals surface area contributed by atoms with Gasteiger partial charge in [0.05, 0.1) is 11.6 Å². The van der Waals surface area contributed by atoms with Crippen molar-refractivity contribution in [2.24, 2.45) is 5.73 Å². The lowest BCUT2D eigenvalue weighted by Crippen LogP contribution is -2.35. The van der Waals surface area contributed by atoms with Crippen molar-refractivity contribution in [3.63, 3.8) is 0 Å². The second-order valence-electron chi connectivity index (χ2n) is 3.46. The maximum atomic E-state index is 12.1. The van der Waals surface area contributed by atoms with E-state index >= 15 is 0 Å². The van der Waals surface area contributed by atoms with Crippen LogP contribution in [-0.2, 0) is 0 Å². The summed E-state index contributed by atoms with van der Waals surface area (Å²) >= 11 is 9.07. The number of benzene rings is 1. The van der Waals surface area contributed by atoms with Crippen LogP contribution in [0.2, 0.25) is 5.02 Å². The van der Waals surface area contributed by atoms with E-state index in [1.807, 2.05) is 0 Å². The monoisotopic (exact) mass is 330 g/mol. The first-order valence-corrected chi connectivity index (χ1v) is 5.95. The second kappa shape index (κ2) is 6.04. The summed E-state index contributed by atoms with van der Waals surface area (Å²) in [4.78, 5) is 0. The van der Waals surface area contributed by atoms with Gasteiger partial charge >= 0.3 is 6.18 Å². The van der Waals surface area contributed by atoms with Crippen molar-refractivity contribution in [3.05, 3.63) is 33.3 Å². The van der Waals surface area contributed by atoms with E-state index in [1.54, 1.807) is 18.2 Å². The molecule has 0 radical (unpaired) electrons. The molecule has 1 unspecified atom stereocenters. The molecule has 3 N–H and O–H groups in total. The molecule has 96 valence electrons. The van der Waals surface area contributed by atoms with E-state index in [0.29, 0.717) is 15.1 Å². The summed E-state index contributed by atoms with van der Waals surface area (Å²) in [6.45, 7) is -1.02. The van der Waals surface area contributed by atoms with E-state index in [2.05, 4.69) is 21.2 Å². The fraction of sp³-hybridized carbons (Fsp3) is 0.400.